The Morgan fingerprint density at radius 2 is 0.902 bits per heavy atom. The molecule has 0 saturated carbocycles. The Bertz CT molecular complexity index is 1120. The number of benzene rings is 2. The maximum absolute atomic E-state index is 11.3. The lowest BCUT2D eigenvalue weighted by atomic mass is 9.78. The maximum atomic E-state index is 11.3. The van der Waals surface area contributed by atoms with Crippen LogP contribution in [0.15, 0.2) is 48.5 Å². The van der Waals surface area contributed by atoms with Gasteiger partial charge in [-0.2, -0.15) is 0 Å². The standard InChI is InChI=1S/C27H32O14/c1-27(2,11-3-7-13(8-4-11)38-25-19(32)15(28)17(30)21(40-25)23(34)35)12-5-9-14(10-6-12)39-26-20(33)16(29)18(31)22(41-26)24(36)37/h3-10,15-22,25-26,28-33H,1-2H3,(H,34,35)(H,36,37). The van der Waals surface area contributed by atoms with Crippen molar-refractivity contribution in [2.24, 2.45) is 0 Å². The van der Waals surface area contributed by atoms with E-state index < -0.39 is 78.8 Å². The lowest BCUT2D eigenvalue weighted by Gasteiger charge is -2.38. The summed E-state index contributed by atoms with van der Waals surface area (Å²) in [4.78, 5) is 22.6. The first-order valence-electron chi connectivity index (χ1n) is 12.6. The van der Waals surface area contributed by atoms with Crippen molar-refractivity contribution in [2.75, 3.05) is 0 Å². The van der Waals surface area contributed by atoms with E-state index in [0.717, 1.165) is 11.1 Å². The van der Waals surface area contributed by atoms with Crippen molar-refractivity contribution in [1.82, 2.24) is 0 Å². The molecule has 4 rings (SSSR count). The van der Waals surface area contributed by atoms with E-state index in [-0.39, 0.29) is 11.5 Å². The molecule has 2 aromatic carbocycles. The zero-order chi connectivity index (χ0) is 30.2. The Balaban J connectivity index is 1.43. The van der Waals surface area contributed by atoms with Gasteiger partial charge in [0.2, 0.25) is 12.6 Å². The first-order valence-corrected chi connectivity index (χ1v) is 12.6. The second-order valence-corrected chi connectivity index (χ2v) is 10.4. The van der Waals surface area contributed by atoms with Crippen molar-refractivity contribution < 1.29 is 69.4 Å². The number of hydrogen-bond donors (Lipinski definition) is 8. The molecule has 0 aromatic heterocycles. The van der Waals surface area contributed by atoms with Crippen molar-refractivity contribution in [3.8, 4) is 11.5 Å². The van der Waals surface area contributed by atoms with Crippen LogP contribution in [-0.2, 0) is 24.5 Å². The summed E-state index contributed by atoms with van der Waals surface area (Å²) < 4.78 is 21.4. The average molecular weight is 581 g/mol. The van der Waals surface area contributed by atoms with Gasteiger partial charge in [-0.25, -0.2) is 9.59 Å². The van der Waals surface area contributed by atoms with Gasteiger partial charge in [0.1, 0.15) is 48.1 Å². The van der Waals surface area contributed by atoms with Crippen molar-refractivity contribution >= 4 is 11.9 Å². The van der Waals surface area contributed by atoms with Gasteiger partial charge < -0.3 is 59.8 Å². The van der Waals surface area contributed by atoms with Crippen LogP contribution in [0.25, 0.3) is 0 Å². The SMILES string of the molecule is CC(C)(c1ccc(OC2OC(C(=O)O)C(O)C(O)C2O)cc1)c1ccc(OC2OC(C(=O)O)C(O)C(O)C2O)cc1. The van der Waals surface area contributed by atoms with Gasteiger partial charge in [0.25, 0.3) is 0 Å². The van der Waals surface area contributed by atoms with Gasteiger partial charge in [-0.1, -0.05) is 38.1 Å². The number of ether oxygens (including phenoxy) is 4. The predicted octanol–water partition coefficient (Wildman–Crippen LogP) is -1.45. The molecular formula is C27H32O14. The molecule has 0 aliphatic carbocycles. The van der Waals surface area contributed by atoms with E-state index in [9.17, 15) is 50.4 Å². The fourth-order valence-electron chi connectivity index (χ4n) is 4.63. The molecule has 0 amide bonds. The van der Waals surface area contributed by atoms with Gasteiger partial charge >= 0.3 is 11.9 Å². The first-order chi connectivity index (χ1) is 19.2. The summed E-state index contributed by atoms with van der Waals surface area (Å²) in [6, 6.07) is 13.2. The summed E-state index contributed by atoms with van der Waals surface area (Å²) in [5, 5.41) is 78.3. The summed E-state index contributed by atoms with van der Waals surface area (Å²) in [5.41, 5.74) is 1.09. The number of carboxylic acid groups (broad SMARTS) is 2. The van der Waals surface area contributed by atoms with Gasteiger partial charge in [0.05, 0.1) is 0 Å². The molecular weight excluding hydrogens is 548 g/mol. The molecule has 2 aliphatic rings. The topological polar surface area (TPSA) is 233 Å². The van der Waals surface area contributed by atoms with Gasteiger partial charge in [-0.3, -0.25) is 0 Å². The lowest BCUT2D eigenvalue weighted by Crippen LogP contribution is -2.61. The molecule has 14 nitrogen and oxygen atoms in total. The third kappa shape index (κ3) is 6.14. The molecule has 10 atom stereocenters. The summed E-state index contributed by atoms with van der Waals surface area (Å²) in [5.74, 6) is -2.62. The summed E-state index contributed by atoms with van der Waals surface area (Å²) in [6.45, 7) is 3.87. The Hall–Kier alpha value is -3.34. The highest BCUT2D eigenvalue weighted by Gasteiger charge is 2.49. The second kappa shape index (κ2) is 11.9. The minimum Gasteiger partial charge on any atom is -0.479 e. The fraction of sp³-hybridized carbons (Fsp3) is 0.481. The zero-order valence-electron chi connectivity index (χ0n) is 21.9. The predicted molar refractivity (Wildman–Crippen MR) is 135 cm³/mol. The Morgan fingerprint density at radius 1 is 0.585 bits per heavy atom. The van der Waals surface area contributed by atoms with E-state index in [4.69, 9.17) is 18.9 Å². The fourth-order valence-corrected chi connectivity index (χ4v) is 4.63. The second-order valence-electron chi connectivity index (χ2n) is 10.4. The van der Waals surface area contributed by atoms with Crippen molar-refractivity contribution in [1.29, 1.82) is 0 Å². The zero-order valence-corrected chi connectivity index (χ0v) is 21.9. The van der Waals surface area contributed by atoms with E-state index in [1.807, 2.05) is 13.8 Å². The van der Waals surface area contributed by atoms with Gasteiger partial charge in [-0.15, -0.1) is 0 Å². The number of aliphatic carboxylic acids is 2. The number of aliphatic hydroxyl groups is 6. The number of carbonyl (C=O) groups is 2. The normalized spacial score (nSPS) is 34.0. The van der Waals surface area contributed by atoms with Crippen LogP contribution >= 0.6 is 0 Å². The van der Waals surface area contributed by atoms with Crippen LogP contribution in [0.1, 0.15) is 25.0 Å². The number of aliphatic hydroxyl groups excluding tert-OH is 6. The first kappa shape index (κ1) is 30.6. The molecule has 224 valence electrons. The third-order valence-electron chi connectivity index (χ3n) is 7.28. The van der Waals surface area contributed by atoms with Crippen LogP contribution < -0.4 is 9.47 Å². The number of hydrogen-bond acceptors (Lipinski definition) is 12. The van der Waals surface area contributed by atoms with E-state index in [0.29, 0.717) is 0 Å². The van der Waals surface area contributed by atoms with Crippen LogP contribution in [-0.4, -0.2) is 114 Å². The molecule has 2 aliphatic heterocycles. The highest BCUT2D eigenvalue weighted by molar-refractivity contribution is 5.73. The summed E-state index contributed by atoms with van der Waals surface area (Å²) in [7, 11) is 0. The molecule has 2 fully saturated rings. The molecule has 0 radical (unpaired) electrons. The van der Waals surface area contributed by atoms with E-state index in [1.165, 1.54) is 0 Å². The van der Waals surface area contributed by atoms with Crippen molar-refractivity contribution in [2.45, 2.75) is 80.7 Å². The Kier molecular flexibility index (Phi) is 8.87. The molecule has 10 unspecified atom stereocenters. The van der Waals surface area contributed by atoms with E-state index in [2.05, 4.69) is 0 Å². The monoisotopic (exact) mass is 580 g/mol. The minimum atomic E-state index is -1.83. The van der Waals surface area contributed by atoms with Crippen LogP contribution in [0.4, 0.5) is 0 Å². The lowest BCUT2D eigenvalue weighted by molar-refractivity contribution is -0.271. The summed E-state index contributed by atoms with van der Waals surface area (Å²) in [6.07, 6.45) is -17.3. The summed E-state index contributed by atoms with van der Waals surface area (Å²) >= 11 is 0. The van der Waals surface area contributed by atoms with Gasteiger partial charge in [-0.05, 0) is 35.4 Å². The molecule has 0 spiro atoms. The van der Waals surface area contributed by atoms with Crippen LogP contribution in [0, 0.1) is 0 Å². The van der Waals surface area contributed by atoms with E-state index in [1.54, 1.807) is 48.5 Å². The number of rotatable bonds is 8. The number of carboxylic acids is 2. The van der Waals surface area contributed by atoms with E-state index >= 15 is 0 Å². The van der Waals surface area contributed by atoms with Gasteiger partial charge in [0, 0.05) is 5.41 Å². The molecule has 41 heavy (non-hydrogen) atoms. The highest BCUT2D eigenvalue weighted by Crippen LogP contribution is 2.34. The highest BCUT2D eigenvalue weighted by atomic mass is 16.7. The molecule has 8 N–H and O–H groups in total. The Morgan fingerprint density at radius 3 is 1.20 bits per heavy atom. The minimum absolute atomic E-state index is 0.211. The maximum Gasteiger partial charge on any atom is 0.335 e. The molecule has 2 saturated heterocycles. The quantitative estimate of drug-likeness (QED) is 0.179. The van der Waals surface area contributed by atoms with Crippen LogP contribution in [0.2, 0.25) is 0 Å². The van der Waals surface area contributed by atoms with Crippen molar-refractivity contribution in [3.63, 3.8) is 0 Å². The molecule has 14 heteroatoms. The Labute approximate surface area is 233 Å². The van der Waals surface area contributed by atoms with Crippen LogP contribution in [0.3, 0.4) is 0 Å². The van der Waals surface area contributed by atoms with Crippen LogP contribution in [0.5, 0.6) is 11.5 Å². The largest absolute Gasteiger partial charge is 0.479 e. The third-order valence-corrected chi connectivity index (χ3v) is 7.28. The molecule has 2 heterocycles. The molecule has 2 aromatic rings. The molecule has 0 bridgehead atoms. The smallest absolute Gasteiger partial charge is 0.335 e. The van der Waals surface area contributed by atoms with Gasteiger partial charge in [0.15, 0.2) is 12.2 Å². The van der Waals surface area contributed by atoms with Crippen molar-refractivity contribution in [3.05, 3.63) is 59.7 Å². The average Bonchev–Trinajstić information content (AvgIpc) is 2.93.